The van der Waals surface area contributed by atoms with Crippen LogP contribution >= 0.6 is 0 Å². The molecular formula is C24H26FNO. The number of ether oxygens (including phenoxy) is 1. The van der Waals surface area contributed by atoms with Crippen molar-refractivity contribution in [3.8, 4) is 28.1 Å². The van der Waals surface area contributed by atoms with Crippen molar-refractivity contribution in [1.82, 2.24) is 4.98 Å². The molecule has 0 aliphatic heterocycles. The number of nitrogens with zero attached hydrogens (tertiary/aromatic N) is 1. The summed E-state index contributed by atoms with van der Waals surface area (Å²) in [6, 6.07) is 17.2. The molecule has 27 heavy (non-hydrogen) atoms. The predicted octanol–water partition coefficient (Wildman–Crippen LogP) is 6.69. The van der Waals surface area contributed by atoms with Gasteiger partial charge in [0.05, 0.1) is 12.3 Å². The quantitative estimate of drug-likeness (QED) is 0.416. The summed E-state index contributed by atoms with van der Waals surface area (Å²) in [6.07, 6.45) is 6.08. The molecular weight excluding hydrogens is 337 g/mol. The molecule has 0 bridgehead atoms. The van der Waals surface area contributed by atoms with Gasteiger partial charge in [-0.3, -0.25) is 4.98 Å². The summed E-state index contributed by atoms with van der Waals surface area (Å²) in [5.41, 5.74) is 4.24. The number of halogens is 1. The number of benzene rings is 2. The Bertz CT molecular complexity index is 857. The Balaban J connectivity index is 1.70. The minimum Gasteiger partial charge on any atom is -0.494 e. The fraction of sp³-hybridized carbons (Fsp3) is 0.292. The molecule has 0 saturated carbocycles. The first-order valence-corrected chi connectivity index (χ1v) is 9.69. The van der Waals surface area contributed by atoms with E-state index >= 15 is 0 Å². The molecule has 2 aromatic carbocycles. The molecule has 3 aromatic rings. The molecule has 0 aliphatic rings. The number of unbranched alkanes of at least 4 members (excludes halogenated alkanes) is 2. The molecule has 140 valence electrons. The SMILES string of the molecule is CCCCCOc1ccc(-c2ccc(-c3ccc(CC)cc3F)nc2)cc1. The highest BCUT2D eigenvalue weighted by atomic mass is 19.1. The Labute approximate surface area is 161 Å². The van der Waals surface area contributed by atoms with E-state index in [0.717, 1.165) is 41.9 Å². The highest BCUT2D eigenvalue weighted by molar-refractivity contribution is 5.67. The monoisotopic (exact) mass is 363 g/mol. The Morgan fingerprint density at radius 3 is 2.30 bits per heavy atom. The molecule has 0 atom stereocenters. The van der Waals surface area contributed by atoms with Gasteiger partial charge in [-0.2, -0.15) is 0 Å². The standard InChI is InChI=1S/C24H26FNO/c1-3-5-6-15-27-21-11-8-19(9-12-21)20-10-14-24(26-17-20)22-13-7-18(4-2)16-23(22)25/h7-14,16-17H,3-6,15H2,1-2H3. The van der Waals surface area contributed by atoms with Crippen molar-refractivity contribution < 1.29 is 9.13 Å². The van der Waals surface area contributed by atoms with Crippen molar-refractivity contribution in [2.45, 2.75) is 39.5 Å². The molecule has 0 spiro atoms. The molecule has 1 aromatic heterocycles. The van der Waals surface area contributed by atoms with Crippen LogP contribution in [0.15, 0.2) is 60.8 Å². The topological polar surface area (TPSA) is 22.1 Å². The van der Waals surface area contributed by atoms with Crippen LogP contribution in [0.5, 0.6) is 5.75 Å². The lowest BCUT2D eigenvalue weighted by Crippen LogP contribution is -1.96. The van der Waals surface area contributed by atoms with Gasteiger partial charge >= 0.3 is 0 Å². The summed E-state index contributed by atoms with van der Waals surface area (Å²) in [6.45, 7) is 4.96. The third-order valence-corrected chi connectivity index (χ3v) is 4.69. The maximum atomic E-state index is 14.3. The average molecular weight is 363 g/mol. The number of rotatable bonds is 8. The first kappa shape index (κ1) is 19.1. The molecule has 0 saturated heterocycles. The van der Waals surface area contributed by atoms with E-state index in [2.05, 4.69) is 11.9 Å². The van der Waals surface area contributed by atoms with Gasteiger partial charge in [0, 0.05) is 17.3 Å². The molecule has 0 radical (unpaired) electrons. The van der Waals surface area contributed by atoms with Gasteiger partial charge in [0.15, 0.2) is 0 Å². The Morgan fingerprint density at radius 1 is 0.889 bits per heavy atom. The molecule has 0 N–H and O–H groups in total. The van der Waals surface area contributed by atoms with Gasteiger partial charge < -0.3 is 4.74 Å². The normalized spacial score (nSPS) is 10.8. The summed E-state index contributed by atoms with van der Waals surface area (Å²) < 4.78 is 20.0. The lowest BCUT2D eigenvalue weighted by atomic mass is 10.0. The van der Waals surface area contributed by atoms with Crippen LogP contribution in [0.25, 0.3) is 22.4 Å². The van der Waals surface area contributed by atoms with Crippen molar-refractivity contribution >= 4 is 0 Å². The van der Waals surface area contributed by atoms with Gasteiger partial charge in [-0.1, -0.05) is 51.0 Å². The van der Waals surface area contributed by atoms with Crippen LogP contribution in [0.4, 0.5) is 4.39 Å². The van der Waals surface area contributed by atoms with Gasteiger partial charge in [-0.15, -0.1) is 0 Å². The Morgan fingerprint density at radius 2 is 1.67 bits per heavy atom. The van der Waals surface area contributed by atoms with E-state index in [-0.39, 0.29) is 5.82 Å². The van der Waals surface area contributed by atoms with Gasteiger partial charge in [0.2, 0.25) is 0 Å². The zero-order chi connectivity index (χ0) is 19.1. The molecule has 0 amide bonds. The molecule has 2 nitrogen and oxygen atoms in total. The van der Waals surface area contributed by atoms with Crippen molar-refractivity contribution in [2.75, 3.05) is 6.61 Å². The smallest absolute Gasteiger partial charge is 0.132 e. The Hall–Kier alpha value is -2.68. The summed E-state index contributed by atoms with van der Waals surface area (Å²) in [5, 5.41) is 0. The number of aryl methyl sites for hydroxylation is 1. The second-order valence-corrected chi connectivity index (χ2v) is 6.68. The number of aromatic nitrogens is 1. The molecule has 3 rings (SSSR count). The van der Waals surface area contributed by atoms with E-state index in [0.29, 0.717) is 11.3 Å². The van der Waals surface area contributed by atoms with E-state index in [9.17, 15) is 4.39 Å². The predicted molar refractivity (Wildman–Crippen MR) is 109 cm³/mol. The fourth-order valence-corrected chi connectivity index (χ4v) is 3.00. The highest BCUT2D eigenvalue weighted by Gasteiger charge is 2.08. The summed E-state index contributed by atoms with van der Waals surface area (Å²) in [5.74, 6) is 0.664. The maximum Gasteiger partial charge on any atom is 0.132 e. The van der Waals surface area contributed by atoms with Crippen LogP contribution in [-0.2, 0) is 6.42 Å². The zero-order valence-corrected chi connectivity index (χ0v) is 16.0. The van der Waals surface area contributed by atoms with Crippen LogP contribution in [0.1, 0.15) is 38.7 Å². The third kappa shape index (κ3) is 4.94. The largest absolute Gasteiger partial charge is 0.494 e. The Kier molecular flexibility index (Phi) is 6.59. The first-order chi connectivity index (χ1) is 13.2. The van der Waals surface area contributed by atoms with Crippen molar-refractivity contribution in [3.05, 3.63) is 72.2 Å². The summed E-state index contributed by atoms with van der Waals surface area (Å²) in [7, 11) is 0. The molecule has 0 aliphatic carbocycles. The van der Waals surface area contributed by atoms with Gasteiger partial charge in [0.25, 0.3) is 0 Å². The number of pyridine rings is 1. The van der Waals surface area contributed by atoms with E-state index in [1.807, 2.05) is 49.4 Å². The number of hydrogen-bond donors (Lipinski definition) is 0. The van der Waals surface area contributed by atoms with Crippen LogP contribution < -0.4 is 4.74 Å². The molecule has 0 fully saturated rings. The molecule has 0 unspecified atom stereocenters. The van der Waals surface area contributed by atoms with Crippen LogP contribution in [0.3, 0.4) is 0 Å². The van der Waals surface area contributed by atoms with E-state index in [4.69, 9.17) is 4.74 Å². The van der Waals surface area contributed by atoms with Gasteiger partial charge in [-0.25, -0.2) is 4.39 Å². The highest BCUT2D eigenvalue weighted by Crippen LogP contribution is 2.26. The van der Waals surface area contributed by atoms with Crippen molar-refractivity contribution in [3.63, 3.8) is 0 Å². The average Bonchev–Trinajstić information content (AvgIpc) is 2.72. The summed E-state index contributed by atoms with van der Waals surface area (Å²) >= 11 is 0. The number of hydrogen-bond acceptors (Lipinski definition) is 2. The maximum absolute atomic E-state index is 14.3. The van der Waals surface area contributed by atoms with Crippen LogP contribution in [0.2, 0.25) is 0 Å². The van der Waals surface area contributed by atoms with Crippen LogP contribution in [-0.4, -0.2) is 11.6 Å². The van der Waals surface area contributed by atoms with Crippen molar-refractivity contribution in [2.24, 2.45) is 0 Å². The minimum atomic E-state index is -0.223. The van der Waals surface area contributed by atoms with Gasteiger partial charge in [0.1, 0.15) is 11.6 Å². The first-order valence-electron chi connectivity index (χ1n) is 9.69. The van der Waals surface area contributed by atoms with Crippen LogP contribution in [0, 0.1) is 5.82 Å². The summed E-state index contributed by atoms with van der Waals surface area (Å²) in [4.78, 5) is 4.46. The minimum absolute atomic E-state index is 0.223. The van der Waals surface area contributed by atoms with Gasteiger partial charge in [-0.05, 0) is 54.3 Å². The van der Waals surface area contributed by atoms with E-state index < -0.39 is 0 Å². The second-order valence-electron chi connectivity index (χ2n) is 6.68. The third-order valence-electron chi connectivity index (χ3n) is 4.69. The zero-order valence-electron chi connectivity index (χ0n) is 16.0. The molecule has 3 heteroatoms. The second kappa shape index (κ2) is 9.31. The van der Waals surface area contributed by atoms with E-state index in [1.54, 1.807) is 18.3 Å². The fourth-order valence-electron chi connectivity index (χ4n) is 3.00. The van der Waals surface area contributed by atoms with Crippen molar-refractivity contribution in [1.29, 1.82) is 0 Å². The lowest BCUT2D eigenvalue weighted by Gasteiger charge is -2.08. The molecule has 1 heterocycles. The lowest BCUT2D eigenvalue weighted by molar-refractivity contribution is 0.306. The van der Waals surface area contributed by atoms with E-state index in [1.165, 1.54) is 12.8 Å².